The van der Waals surface area contributed by atoms with Crippen molar-refractivity contribution in [3.63, 3.8) is 0 Å². The van der Waals surface area contributed by atoms with Gasteiger partial charge in [-0.3, -0.25) is 0 Å². The average molecular weight is 202 g/mol. The van der Waals surface area contributed by atoms with Gasteiger partial charge in [0.25, 0.3) is 0 Å². The van der Waals surface area contributed by atoms with E-state index in [0.29, 0.717) is 0 Å². The summed E-state index contributed by atoms with van der Waals surface area (Å²) in [6.07, 6.45) is 4.89. The van der Waals surface area contributed by atoms with Crippen molar-refractivity contribution >= 4 is 41.6 Å². The van der Waals surface area contributed by atoms with Crippen LogP contribution in [0.2, 0.25) is 0 Å². The van der Waals surface area contributed by atoms with E-state index in [-0.39, 0.29) is 0 Å². The monoisotopic (exact) mass is 202 g/mol. The maximum absolute atomic E-state index is 4.29. The first-order valence-corrected chi connectivity index (χ1v) is 9.31. The van der Waals surface area contributed by atoms with E-state index in [1.807, 2.05) is 0 Å². The summed E-state index contributed by atoms with van der Waals surface area (Å²) in [4.78, 5) is -1.61. The molecular formula is C5H15PS3. The molecule has 0 unspecified atom stereocenters. The van der Waals surface area contributed by atoms with Crippen LogP contribution in [0.1, 0.15) is 26.2 Å². The van der Waals surface area contributed by atoms with Crippen LogP contribution in [-0.2, 0) is 0 Å². The Balaban J connectivity index is 3.07. The third-order valence-corrected chi connectivity index (χ3v) is 4.15. The molecule has 58 valence electrons. The summed E-state index contributed by atoms with van der Waals surface area (Å²) in [6.45, 7) is 2.19. The van der Waals surface area contributed by atoms with Crippen molar-refractivity contribution in [1.82, 2.24) is 0 Å². The van der Waals surface area contributed by atoms with Gasteiger partial charge in [-0.1, -0.05) is 0 Å². The zero-order chi connectivity index (χ0) is 7.33. The number of thiol groups is 3. The van der Waals surface area contributed by atoms with Crippen molar-refractivity contribution in [3.8, 4) is 0 Å². The molecule has 0 fully saturated rings. The summed E-state index contributed by atoms with van der Waals surface area (Å²) < 4.78 is 0. The molecule has 4 heteroatoms. The summed E-state index contributed by atoms with van der Waals surface area (Å²) in [7, 11) is 0. The van der Waals surface area contributed by atoms with E-state index in [9.17, 15) is 0 Å². The minimum absolute atomic E-state index is 1.11. The van der Waals surface area contributed by atoms with Crippen LogP contribution in [0.3, 0.4) is 0 Å². The average Bonchev–Trinajstić information content (AvgIpc) is 1.63. The van der Waals surface area contributed by atoms with E-state index >= 15 is 0 Å². The third-order valence-electron chi connectivity index (χ3n) is 1.12. The molecule has 0 bridgehead atoms. The number of rotatable bonds is 4. The number of hydrogen-bond acceptors (Lipinski definition) is 3. The van der Waals surface area contributed by atoms with Gasteiger partial charge in [0.15, 0.2) is 0 Å². The SMILES string of the molecule is CCCCC[PH](S)(S)S. The van der Waals surface area contributed by atoms with Gasteiger partial charge in [0.1, 0.15) is 0 Å². The van der Waals surface area contributed by atoms with Crippen molar-refractivity contribution in [2.75, 3.05) is 6.16 Å². The second kappa shape index (κ2) is 5.17. The fourth-order valence-corrected chi connectivity index (χ4v) is 2.76. The summed E-state index contributed by atoms with van der Waals surface area (Å²) in [5.41, 5.74) is 0. The van der Waals surface area contributed by atoms with Gasteiger partial charge >= 0.3 is 74.0 Å². The zero-order valence-electron chi connectivity index (χ0n) is 5.67. The molecule has 0 amide bonds. The first-order chi connectivity index (χ1) is 4.06. The Morgan fingerprint density at radius 3 is 2.00 bits per heavy atom. The van der Waals surface area contributed by atoms with Crippen molar-refractivity contribution < 1.29 is 0 Å². The van der Waals surface area contributed by atoms with Crippen LogP contribution < -0.4 is 0 Å². The molecule has 0 N–H and O–H groups in total. The van der Waals surface area contributed by atoms with Gasteiger partial charge in [-0.15, -0.1) is 0 Å². The predicted molar refractivity (Wildman–Crippen MR) is 59.7 cm³/mol. The van der Waals surface area contributed by atoms with Crippen LogP contribution in [0, 0.1) is 0 Å². The minimum atomic E-state index is -1.61. The molecule has 0 atom stereocenters. The van der Waals surface area contributed by atoms with Gasteiger partial charge in [0, 0.05) is 0 Å². The fraction of sp³-hybridized carbons (Fsp3) is 1.00. The van der Waals surface area contributed by atoms with Crippen molar-refractivity contribution in [2.24, 2.45) is 0 Å². The number of hydrogen-bond donors (Lipinski definition) is 3. The molecule has 0 nitrogen and oxygen atoms in total. The van der Waals surface area contributed by atoms with Crippen molar-refractivity contribution in [3.05, 3.63) is 0 Å². The molecule has 0 aromatic heterocycles. The van der Waals surface area contributed by atoms with Crippen LogP contribution in [-0.4, -0.2) is 6.16 Å². The summed E-state index contributed by atoms with van der Waals surface area (Å²) in [5.74, 6) is 0. The first-order valence-electron chi connectivity index (χ1n) is 3.23. The van der Waals surface area contributed by atoms with Crippen molar-refractivity contribution in [1.29, 1.82) is 0 Å². The Morgan fingerprint density at radius 1 is 1.11 bits per heavy atom. The van der Waals surface area contributed by atoms with Crippen LogP contribution in [0.5, 0.6) is 0 Å². The fourth-order valence-electron chi connectivity index (χ4n) is 0.612. The molecule has 0 spiro atoms. The first kappa shape index (κ1) is 10.5. The van der Waals surface area contributed by atoms with Gasteiger partial charge < -0.3 is 0 Å². The normalized spacial score (nSPS) is 13.8. The Hall–Kier alpha value is 1.48. The van der Waals surface area contributed by atoms with E-state index in [1.165, 1.54) is 19.3 Å². The van der Waals surface area contributed by atoms with E-state index in [1.54, 1.807) is 0 Å². The molecule has 0 heterocycles. The second-order valence-electron chi connectivity index (χ2n) is 2.23. The molecule has 0 saturated carbocycles. The molecule has 0 radical (unpaired) electrons. The Bertz CT molecular complexity index is 69.1. The molecule has 0 saturated heterocycles. The number of unbranched alkanes of at least 4 members (excludes halogenated alkanes) is 2. The molecule has 0 aliphatic rings. The quantitative estimate of drug-likeness (QED) is 0.347. The van der Waals surface area contributed by atoms with Gasteiger partial charge in [-0.25, -0.2) is 0 Å². The van der Waals surface area contributed by atoms with Crippen molar-refractivity contribution in [2.45, 2.75) is 26.2 Å². The molecule has 0 aromatic rings. The Labute approximate surface area is 74.0 Å². The Morgan fingerprint density at radius 2 is 1.67 bits per heavy atom. The molecule has 0 rings (SSSR count). The van der Waals surface area contributed by atoms with E-state index in [2.05, 4.69) is 43.7 Å². The van der Waals surface area contributed by atoms with E-state index in [0.717, 1.165) is 6.16 Å². The van der Waals surface area contributed by atoms with E-state index < -0.39 is 4.87 Å². The van der Waals surface area contributed by atoms with Crippen LogP contribution in [0.25, 0.3) is 0 Å². The van der Waals surface area contributed by atoms with Crippen LogP contribution in [0.15, 0.2) is 0 Å². The Kier molecular flexibility index (Phi) is 6.02. The van der Waals surface area contributed by atoms with Gasteiger partial charge in [-0.05, 0) is 0 Å². The zero-order valence-corrected chi connectivity index (χ0v) is 9.35. The topological polar surface area (TPSA) is 0 Å². The van der Waals surface area contributed by atoms with Gasteiger partial charge in [0.05, 0.1) is 0 Å². The summed E-state index contributed by atoms with van der Waals surface area (Å²) in [5, 5.41) is 0. The van der Waals surface area contributed by atoms with Gasteiger partial charge in [0.2, 0.25) is 0 Å². The molecule has 0 aromatic carbocycles. The van der Waals surface area contributed by atoms with E-state index in [4.69, 9.17) is 0 Å². The standard InChI is InChI=1S/C5H15PS3/c1-2-3-4-5-6(7,8)9/h6-9H,2-5H2,1H3. The predicted octanol–water partition coefficient (Wildman–Crippen LogP) is 3.46. The summed E-state index contributed by atoms with van der Waals surface area (Å²) >= 11 is 12.9. The van der Waals surface area contributed by atoms with Crippen LogP contribution >= 0.6 is 41.6 Å². The molecule has 9 heavy (non-hydrogen) atoms. The third kappa shape index (κ3) is 9.48. The van der Waals surface area contributed by atoms with Gasteiger partial charge in [-0.2, -0.15) is 0 Å². The molecule has 0 aliphatic carbocycles. The van der Waals surface area contributed by atoms with Crippen LogP contribution in [0.4, 0.5) is 0 Å². The molecular weight excluding hydrogens is 187 g/mol. The second-order valence-corrected chi connectivity index (χ2v) is 14.3. The summed E-state index contributed by atoms with van der Waals surface area (Å²) in [6, 6.07) is 0. The molecule has 0 aliphatic heterocycles. The maximum atomic E-state index is 4.29.